The van der Waals surface area contributed by atoms with Gasteiger partial charge in [0.1, 0.15) is 18.0 Å². The van der Waals surface area contributed by atoms with Gasteiger partial charge in [0.25, 0.3) is 0 Å². The second kappa shape index (κ2) is 7.06. The molecule has 120 valence electrons. The number of aryl methyl sites for hydroxylation is 1. The van der Waals surface area contributed by atoms with E-state index in [1.54, 1.807) is 6.07 Å². The van der Waals surface area contributed by atoms with Crippen molar-refractivity contribution < 1.29 is 9.53 Å². The van der Waals surface area contributed by atoms with E-state index in [0.717, 1.165) is 30.2 Å². The molecule has 0 atom stereocenters. The van der Waals surface area contributed by atoms with Crippen LogP contribution in [0.4, 0.5) is 22.1 Å². The van der Waals surface area contributed by atoms with Crippen molar-refractivity contribution in [1.29, 1.82) is 0 Å². The van der Waals surface area contributed by atoms with Crippen molar-refractivity contribution in [1.82, 2.24) is 9.97 Å². The first-order chi connectivity index (χ1) is 11.2. The Labute approximate surface area is 134 Å². The number of benzene rings is 1. The fourth-order valence-electron chi connectivity index (χ4n) is 2.30. The third kappa shape index (κ3) is 4.17. The first kappa shape index (κ1) is 15.2. The molecule has 7 nitrogen and oxygen atoms in total. The summed E-state index contributed by atoms with van der Waals surface area (Å²) in [6, 6.07) is 9.02. The average molecular weight is 313 g/mol. The highest BCUT2D eigenvalue weighted by atomic mass is 16.5. The number of carbonyl (C=O) groups is 1. The van der Waals surface area contributed by atoms with Crippen molar-refractivity contribution in [2.45, 2.75) is 6.92 Å². The van der Waals surface area contributed by atoms with Gasteiger partial charge in [0.15, 0.2) is 0 Å². The number of hydrogen-bond donors (Lipinski definition) is 2. The minimum Gasteiger partial charge on any atom is -0.378 e. The van der Waals surface area contributed by atoms with Crippen LogP contribution in [-0.2, 0) is 4.74 Å². The number of morpholine rings is 1. The third-order valence-corrected chi connectivity index (χ3v) is 3.54. The standard InChI is InChI=1S/C16H19N5O2/c1-12-2-4-13(5-3-12)19-16(22)20-14-10-15(18-11-17-14)21-6-8-23-9-7-21/h2-5,10-11H,6-9H2,1H3,(H2,17,18,19,20,22). The second-order valence-electron chi connectivity index (χ2n) is 5.31. The zero-order valence-electron chi connectivity index (χ0n) is 13.0. The maximum atomic E-state index is 12.0. The van der Waals surface area contributed by atoms with Gasteiger partial charge in [-0.1, -0.05) is 17.7 Å². The summed E-state index contributed by atoms with van der Waals surface area (Å²) in [7, 11) is 0. The van der Waals surface area contributed by atoms with E-state index in [4.69, 9.17) is 4.74 Å². The number of ether oxygens (including phenoxy) is 1. The highest BCUT2D eigenvalue weighted by Gasteiger charge is 2.13. The summed E-state index contributed by atoms with van der Waals surface area (Å²) in [6.07, 6.45) is 1.45. The molecular formula is C16H19N5O2. The lowest BCUT2D eigenvalue weighted by molar-refractivity contribution is 0.122. The minimum absolute atomic E-state index is 0.333. The van der Waals surface area contributed by atoms with E-state index >= 15 is 0 Å². The molecule has 7 heteroatoms. The molecule has 0 unspecified atom stereocenters. The van der Waals surface area contributed by atoms with Gasteiger partial charge in [-0.2, -0.15) is 0 Å². The van der Waals surface area contributed by atoms with Crippen LogP contribution in [-0.4, -0.2) is 42.3 Å². The SMILES string of the molecule is Cc1ccc(NC(=O)Nc2cc(N3CCOCC3)ncn2)cc1. The van der Waals surface area contributed by atoms with Crippen LogP contribution >= 0.6 is 0 Å². The van der Waals surface area contributed by atoms with Gasteiger partial charge >= 0.3 is 6.03 Å². The number of nitrogens with zero attached hydrogens (tertiary/aromatic N) is 3. The Kier molecular flexibility index (Phi) is 4.68. The Hall–Kier alpha value is -2.67. The van der Waals surface area contributed by atoms with Crippen molar-refractivity contribution in [3.05, 3.63) is 42.2 Å². The Bertz CT molecular complexity index is 668. The second-order valence-corrected chi connectivity index (χ2v) is 5.31. The lowest BCUT2D eigenvalue weighted by Gasteiger charge is -2.27. The van der Waals surface area contributed by atoms with Crippen LogP contribution < -0.4 is 15.5 Å². The number of amides is 2. The average Bonchev–Trinajstić information content (AvgIpc) is 2.58. The van der Waals surface area contributed by atoms with Crippen molar-refractivity contribution in [3.8, 4) is 0 Å². The molecule has 3 rings (SSSR count). The Balaban J connectivity index is 1.62. The van der Waals surface area contributed by atoms with Crippen LogP contribution in [0.3, 0.4) is 0 Å². The molecule has 1 fully saturated rings. The van der Waals surface area contributed by atoms with E-state index < -0.39 is 0 Å². The Morgan fingerprint density at radius 3 is 2.61 bits per heavy atom. The van der Waals surface area contributed by atoms with Gasteiger partial charge in [-0.3, -0.25) is 5.32 Å². The van der Waals surface area contributed by atoms with E-state index in [2.05, 4.69) is 25.5 Å². The fourth-order valence-corrected chi connectivity index (χ4v) is 2.30. The van der Waals surface area contributed by atoms with Crippen molar-refractivity contribution >= 4 is 23.4 Å². The lowest BCUT2D eigenvalue weighted by atomic mass is 10.2. The first-order valence-corrected chi connectivity index (χ1v) is 7.50. The molecule has 23 heavy (non-hydrogen) atoms. The quantitative estimate of drug-likeness (QED) is 0.908. The molecule has 0 spiro atoms. The van der Waals surface area contributed by atoms with Gasteiger partial charge in [0.2, 0.25) is 0 Å². The Morgan fingerprint density at radius 2 is 1.87 bits per heavy atom. The summed E-state index contributed by atoms with van der Waals surface area (Å²) in [4.78, 5) is 22.5. The number of rotatable bonds is 3. The van der Waals surface area contributed by atoms with Gasteiger partial charge in [-0.25, -0.2) is 14.8 Å². The van der Waals surface area contributed by atoms with Gasteiger partial charge in [0, 0.05) is 24.8 Å². The molecule has 1 aromatic heterocycles. The zero-order chi connectivity index (χ0) is 16.1. The summed E-state index contributed by atoms with van der Waals surface area (Å²) < 4.78 is 5.33. The first-order valence-electron chi connectivity index (χ1n) is 7.50. The summed E-state index contributed by atoms with van der Waals surface area (Å²) in [6.45, 7) is 4.93. The van der Waals surface area contributed by atoms with Crippen molar-refractivity contribution in [3.63, 3.8) is 0 Å². The van der Waals surface area contributed by atoms with E-state index in [-0.39, 0.29) is 6.03 Å². The number of nitrogens with one attached hydrogen (secondary N) is 2. The van der Waals surface area contributed by atoms with E-state index in [9.17, 15) is 4.79 Å². The van der Waals surface area contributed by atoms with Gasteiger partial charge in [-0.15, -0.1) is 0 Å². The number of anilines is 3. The zero-order valence-corrected chi connectivity index (χ0v) is 13.0. The van der Waals surface area contributed by atoms with Crippen LogP contribution in [0, 0.1) is 6.92 Å². The largest absolute Gasteiger partial charge is 0.378 e. The predicted octanol–water partition coefficient (Wildman–Crippen LogP) is 2.27. The molecule has 1 aromatic carbocycles. The molecule has 0 bridgehead atoms. The summed E-state index contributed by atoms with van der Waals surface area (Å²) in [5, 5.41) is 5.50. The molecule has 2 N–H and O–H groups in total. The Morgan fingerprint density at radius 1 is 1.13 bits per heavy atom. The number of urea groups is 1. The molecule has 2 amide bonds. The molecule has 1 aliphatic rings. The molecule has 1 saturated heterocycles. The highest BCUT2D eigenvalue weighted by Crippen LogP contribution is 2.16. The van der Waals surface area contributed by atoms with E-state index in [0.29, 0.717) is 19.0 Å². The molecule has 2 aromatic rings. The molecule has 1 aliphatic heterocycles. The summed E-state index contributed by atoms with van der Waals surface area (Å²) in [5.74, 6) is 1.25. The van der Waals surface area contributed by atoms with Gasteiger partial charge in [0.05, 0.1) is 13.2 Å². The van der Waals surface area contributed by atoms with Gasteiger partial charge < -0.3 is 15.0 Å². The van der Waals surface area contributed by atoms with Crippen molar-refractivity contribution in [2.24, 2.45) is 0 Å². The number of hydrogen-bond acceptors (Lipinski definition) is 5. The monoisotopic (exact) mass is 313 g/mol. The van der Waals surface area contributed by atoms with Crippen LogP contribution in [0.2, 0.25) is 0 Å². The van der Waals surface area contributed by atoms with E-state index in [1.807, 2.05) is 31.2 Å². The minimum atomic E-state index is -0.333. The molecule has 2 heterocycles. The summed E-state index contributed by atoms with van der Waals surface area (Å²) >= 11 is 0. The van der Waals surface area contributed by atoms with Crippen LogP contribution in [0.1, 0.15) is 5.56 Å². The predicted molar refractivity (Wildman–Crippen MR) is 88.9 cm³/mol. The normalized spacial score (nSPS) is 14.4. The summed E-state index contributed by atoms with van der Waals surface area (Å²) in [5.41, 5.74) is 1.87. The molecule has 0 aliphatic carbocycles. The fraction of sp³-hybridized carbons (Fsp3) is 0.312. The van der Waals surface area contributed by atoms with Crippen LogP contribution in [0.15, 0.2) is 36.7 Å². The molecule has 0 saturated carbocycles. The molecular weight excluding hydrogens is 294 g/mol. The maximum absolute atomic E-state index is 12.0. The van der Waals surface area contributed by atoms with E-state index in [1.165, 1.54) is 6.33 Å². The van der Waals surface area contributed by atoms with Gasteiger partial charge in [-0.05, 0) is 19.1 Å². The molecule has 0 radical (unpaired) electrons. The smallest absolute Gasteiger partial charge is 0.324 e. The van der Waals surface area contributed by atoms with Crippen LogP contribution in [0.25, 0.3) is 0 Å². The highest BCUT2D eigenvalue weighted by molar-refractivity contribution is 5.99. The third-order valence-electron chi connectivity index (χ3n) is 3.54. The number of aromatic nitrogens is 2. The lowest BCUT2D eigenvalue weighted by Crippen LogP contribution is -2.36. The number of carbonyl (C=O) groups excluding carboxylic acids is 1. The van der Waals surface area contributed by atoms with Crippen molar-refractivity contribution in [2.75, 3.05) is 41.8 Å². The maximum Gasteiger partial charge on any atom is 0.324 e. The topological polar surface area (TPSA) is 79.4 Å². The van der Waals surface area contributed by atoms with Crippen LogP contribution in [0.5, 0.6) is 0 Å².